The first-order chi connectivity index (χ1) is 13.8. The van der Waals surface area contributed by atoms with E-state index in [4.69, 9.17) is 0 Å². The van der Waals surface area contributed by atoms with E-state index in [1.807, 2.05) is 52.7 Å². The number of aromatic nitrogens is 2. The summed E-state index contributed by atoms with van der Waals surface area (Å²) in [4.78, 5) is 24.9. The number of benzene rings is 1. The molecule has 2 heterocycles. The van der Waals surface area contributed by atoms with Crippen molar-refractivity contribution in [2.24, 2.45) is 5.41 Å². The van der Waals surface area contributed by atoms with Gasteiger partial charge < -0.3 is 5.32 Å². The lowest BCUT2D eigenvalue weighted by Crippen LogP contribution is -2.37. The molecule has 0 spiro atoms. The van der Waals surface area contributed by atoms with E-state index in [9.17, 15) is 9.59 Å². The standard InChI is InChI=1S/C23H25N3O2S/c1-15(27)21-9-16(14-29-21)10-22(28)25-19-11-23(2,3)12-20-18(19)13-24-26(20)17-7-5-4-6-8-17/h4-9,13-14,19H,10-12H2,1-3H3,(H,25,28)/t19-/m0/s1. The number of hydrogen-bond donors (Lipinski definition) is 1. The molecule has 3 aromatic rings. The van der Waals surface area contributed by atoms with Crippen LogP contribution in [-0.4, -0.2) is 21.5 Å². The largest absolute Gasteiger partial charge is 0.349 e. The van der Waals surface area contributed by atoms with Crippen LogP contribution < -0.4 is 5.32 Å². The maximum absolute atomic E-state index is 12.7. The van der Waals surface area contributed by atoms with Crippen molar-refractivity contribution < 1.29 is 9.59 Å². The second-order valence-electron chi connectivity index (χ2n) is 8.51. The molecular weight excluding hydrogens is 382 g/mol. The summed E-state index contributed by atoms with van der Waals surface area (Å²) in [7, 11) is 0. The fraction of sp³-hybridized carbons (Fsp3) is 0.348. The van der Waals surface area contributed by atoms with Crippen LogP contribution in [0, 0.1) is 5.41 Å². The molecule has 0 bridgehead atoms. The Morgan fingerprint density at radius 3 is 2.72 bits per heavy atom. The van der Waals surface area contributed by atoms with Crippen molar-refractivity contribution in [2.45, 2.75) is 46.1 Å². The summed E-state index contributed by atoms with van der Waals surface area (Å²) in [6.45, 7) is 6.01. The van der Waals surface area contributed by atoms with Crippen LogP contribution in [0.15, 0.2) is 48.0 Å². The number of para-hydroxylation sites is 1. The van der Waals surface area contributed by atoms with Crippen molar-refractivity contribution >= 4 is 23.0 Å². The monoisotopic (exact) mass is 407 g/mol. The van der Waals surface area contributed by atoms with Gasteiger partial charge in [0, 0.05) is 5.56 Å². The zero-order chi connectivity index (χ0) is 20.6. The van der Waals surface area contributed by atoms with E-state index >= 15 is 0 Å². The third-order valence-electron chi connectivity index (χ3n) is 5.38. The van der Waals surface area contributed by atoms with E-state index in [0.717, 1.165) is 35.3 Å². The van der Waals surface area contributed by atoms with Crippen LogP contribution in [0.2, 0.25) is 0 Å². The van der Waals surface area contributed by atoms with Crippen LogP contribution in [0.4, 0.5) is 0 Å². The average molecular weight is 408 g/mol. The third kappa shape index (κ3) is 4.17. The Hall–Kier alpha value is -2.73. The number of carbonyl (C=O) groups excluding carboxylic acids is 2. The third-order valence-corrected chi connectivity index (χ3v) is 6.46. The number of thiophene rings is 1. The fourth-order valence-corrected chi connectivity index (χ4v) is 4.86. The molecule has 0 saturated carbocycles. The molecule has 2 aromatic heterocycles. The summed E-state index contributed by atoms with van der Waals surface area (Å²) in [6, 6.07) is 11.9. The van der Waals surface area contributed by atoms with Crippen LogP contribution in [0.3, 0.4) is 0 Å². The van der Waals surface area contributed by atoms with E-state index in [1.165, 1.54) is 11.3 Å². The molecule has 5 nitrogen and oxygen atoms in total. The van der Waals surface area contributed by atoms with E-state index in [0.29, 0.717) is 4.88 Å². The molecule has 4 rings (SSSR count). The Kier molecular flexibility index (Phi) is 5.13. The molecule has 1 amide bonds. The predicted octanol–water partition coefficient (Wildman–Crippen LogP) is 4.51. The van der Waals surface area contributed by atoms with Gasteiger partial charge in [-0.05, 0) is 54.3 Å². The van der Waals surface area contributed by atoms with Crippen molar-refractivity contribution in [1.82, 2.24) is 15.1 Å². The number of ketones is 1. The Bertz CT molecular complexity index is 1050. The number of amides is 1. The zero-order valence-corrected chi connectivity index (χ0v) is 17.8. The summed E-state index contributed by atoms with van der Waals surface area (Å²) in [6.07, 6.45) is 3.95. The molecule has 0 aliphatic heterocycles. The van der Waals surface area contributed by atoms with Crippen LogP contribution in [0.1, 0.15) is 59.7 Å². The van der Waals surface area contributed by atoms with Gasteiger partial charge in [0.2, 0.25) is 5.91 Å². The SMILES string of the molecule is CC(=O)c1cc(CC(=O)N[C@H]2CC(C)(C)Cc3c2cnn3-c2ccccc2)cs1. The van der Waals surface area contributed by atoms with E-state index in [-0.39, 0.29) is 29.6 Å². The van der Waals surface area contributed by atoms with E-state index in [2.05, 4.69) is 24.3 Å². The highest BCUT2D eigenvalue weighted by atomic mass is 32.1. The average Bonchev–Trinajstić information content (AvgIpc) is 3.28. The molecule has 0 radical (unpaired) electrons. The quantitative estimate of drug-likeness (QED) is 0.633. The predicted molar refractivity (Wildman–Crippen MR) is 115 cm³/mol. The van der Waals surface area contributed by atoms with Crippen LogP contribution in [-0.2, 0) is 17.6 Å². The summed E-state index contributed by atoms with van der Waals surface area (Å²) < 4.78 is 1.99. The lowest BCUT2D eigenvalue weighted by Gasteiger charge is -2.36. The van der Waals surface area contributed by atoms with Gasteiger partial charge in [-0.2, -0.15) is 5.10 Å². The molecule has 1 aliphatic rings. The Morgan fingerprint density at radius 1 is 1.28 bits per heavy atom. The number of fused-ring (bicyclic) bond motifs is 1. The first-order valence-electron chi connectivity index (χ1n) is 9.82. The highest BCUT2D eigenvalue weighted by Crippen LogP contribution is 2.41. The second-order valence-corrected chi connectivity index (χ2v) is 9.42. The molecule has 1 aromatic carbocycles. The maximum atomic E-state index is 12.7. The Labute approximate surface area is 174 Å². The van der Waals surface area contributed by atoms with Crippen LogP contribution in [0.5, 0.6) is 0 Å². The summed E-state index contributed by atoms with van der Waals surface area (Å²) >= 11 is 1.39. The molecule has 1 aliphatic carbocycles. The van der Waals surface area contributed by atoms with Gasteiger partial charge in [0.15, 0.2) is 5.78 Å². The molecule has 0 saturated heterocycles. The van der Waals surface area contributed by atoms with Crippen LogP contribution in [0.25, 0.3) is 5.69 Å². The highest BCUT2D eigenvalue weighted by Gasteiger charge is 2.36. The van der Waals surface area contributed by atoms with Gasteiger partial charge in [0.1, 0.15) is 0 Å². The second kappa shape index (κ2) is 7.59. The van der Waals surface area contributed by atoms with Gasteiger partial charge in [0.05, 0.1) is 34.9 Å². The highest BCUT2D eigenvalue weighted by molar-refractivity contribution is 7.12. The van der Waals surface area contributed by atoms with Gasteiger partial charge in [-0.15, -0.1) is 11.3 Å². The van der Waals surface area contributed by atoms with E-state index in [1.54, 1.807) is 6.92 Å². The summed E-state index contributed by atoms with van der Waals surface area (Å²) in [5, 5.41) is 9.73. The van der Waals surface area contributed by atoms with Gasteiger partial charge in [0.25, 0.3) is 0 Å². The minimum Gasteiger partial charge on any atom is -0.349 e. The Balaban J connectivity index is 1.56. The molecule has 0 unspecified atom stereocenters. The smallest absolute Gasteiger partial charge is 0.224 e. The number of nitrogens with one attached hydrogen (secondary N) is 1. The van der Waals surface area contributed by atoms with Crippen molar-refractivity contribution in [1.29, 1.82) is 0 Å². The van der Waals surface area contributed by atoms with Crippen molar-refractivity contribution in [3.8, 4) is 5.69 Å². The summed E-state index contributed by atoms with van der Waals surface area (Å²) in [5.41, 5.74) is 4.23. The molecule has 0 fully saturated rings. The molecule has 6 heteroatoms. The van der Waals surface area contributed by atoms with Gasteiger partial charge in [-0.1, -0.05) is 32.0 Å². The molecule has 1 atom stereocenters. The van der Waals surface area contributed by atoms with E-state index < -0.39 is 0 Å². The van der Waals surface area contributed by atoms with Gasteiger partial charge in [-0.25, -0.2) is 4.68 Å². The number of carbonyl (C=O) groups is 2. The van der Waals surface area contributed by atoms with Crippen molar-refractivity contribution in [3.05, 3.63) is 69.7 Å². The molecule has 150 valence electrons. The van der Waals surface area contributed by atoms with Gasteiger partial charge in [-0.3, -0.25) is 9.59 Å². The van der Waals surface area contributed by atoms with Gasteiger partial charge >= 0.3 is 0 Å². The van der Waals surface area contributed by atoms with Crippen molar-refractivity contribution in [2.75, 3.05) is 0 Å². The number of hydrogen-bond acceptors (Lipinski definition) is 4. The van der Waals surface area contributed by atoms with Crippen LogP contribution >= 0.6 is 11.3 Å². The first-order valence-corrected chi connectivity index (χ1v) is 10.7. The molecule has 29 heavy (non-hydrogen) atoms. The lowest BCUT2D eigenvalue weighted by molar-refractivity contribution is -0.121. The number of Topliss-reactive ketones (excluding diaryl/α,β-unsaturated/α-hetero) is 1. The summed E-state index contributed by atoms with van der Waals surface area (Å²) in [5.74, 6) is 0.00710. The first kappa shape index (κ1) is 19.6. The minimum atomic E-state index is -0.0652. The normalized spacial score (nSPS) is 17.6. The minimum absolute atomic E-state index is 0.0287. The van der Waals surface area contributed by atoms with Crippen molar-refractivity contribution in [3.63, 3.8) is 0 Å². The maximum Gasteiger partial charge on any atom is 0.224 e. The number of rotatable bonds is 5. The zero-order valence-electron chi connectivity index (χ0n) is 16.9. The topological polar surface area (TPSA) is 64.0 Å². The lowest BCUT2D eigenvalue weighted by atomic mass is 9.74. The number of nitrogens with zero attached hydrogens (tertiary/aromatic N) is 2. The fourth-order valence-electron chi connectivity index (χ4n) is 4.05. The molecular formula is C23H25N3O2S. The molecule has 1 N–H and O–H groups in total. The Morgan fingerprint density at radius 2 is 2.03 bits per heavy atom.